The Bertz CT molecular complexity index is 705. The Hall–Kier alpha value is -1.51. The van der Waals surface area contributed by atoms with Crippen molar-refractivity contribution >= 4 is 26.0 Å². The highest BCUT2D eigenvalue weighted by Crippen LogP contribution is 2.37. The van der Waals surface area contributed by atoms with Gasteiger partial charge in [0, 0.05) is 15.6 Å². The number of ether oxygens (including phenoxy) is 1. The molecule has 1 aromatic carbocycles. The van der Waals surface area contributed by atoms with Gasteiger partial charge in [0.1, 0.15) is 10.6 Å². The molecule has 100 valence electrons. The summed E-state index contributed by atoms with van der Waals surface area (Å²) in [6.45, 7) is 0. The zero-order valence-corrected chi connectivity index (χ0v) is 12.3. The number of halogens is 1. The van der Waals surface area contributed by atoms with Crippen LogP contribution in [0, 0.1) is 0 Å². The van der Waals surface area contributed by atoms with Crippen LogP contribution in [0.2, 0.25) is 0 Å². The summed E-state index contributed by atoms with van der Waals surface area (Å²) in [6, 6.07) is 4.82. The molecule has 2 aromatic rings. The Morgan fingerprint density at radius 1 is 1.32 bits per heavy atom. The van der Waals surface area contributed by atoms with Gasteiger partial charge in [-0.1, -0.05) is 15.9 Å². The molecule has 2 N–H and O–H groups in total. The summed E-state index contributed by atoms with van der Waals surface area (Å²) in [5.41, 5.74) is 1.24. The Labute approximate surface area is 118 Å². The maximum atomic E-state index is 11.6. The first kappa shape index (κ1) is 13.9. The first-order valence-electron chi connectivity index (χ1n) is 5.11. The number of rotatable bonds is 3. The standard InChI is InChI=1S/C11H10BrN3O3S/c1-18-11-9(7-2-3-14-15-6-7)4-8(12)5-10(11)19(13,16)17/h2-6H,1H3,(H2,13,16,17). The molecule has 8 heteroatoms. The van der Waals surface area contributed by atoms with Crippen molar-refractivity contribution in [1.29, 1.82) is 0 Å². The van der Waals surface area contributed by atoms with Crippen LogP contribution in [0.1, 0.15) is 0 Å². The van der Waals surface area contributed by atoms with Crippen LogP contribution in [0.25, 0.3) is 11.1 Å². The van der Waals surface area contributed by atoms with E-state index in [1.165, 1.54) is 25.6 Å². The van der Waals surface area contributed by atoms with Crippen LogP contribution in [-0.2, 0) is 10.0 Å². The molecule has 0 radical (unpaired) electrons. The predicted molar refractivity (Wildman–Crippen MR) is 73.1 cm³/mol. The van der Waals surface area contributed by atoms with E-state index in [9.17, 15) is 8.42 Å². The second-order valence-corrected chi connectivity index (χ2v) is 6.11. The van der Waals surface area contributed by atoms with Crippen LogP contribution in [0.4, 0.5) is 0 Å². The van der Waals surface area contributed by atoms with Crippen LogP contribution < -0.4 is 9.88 Å². The molecule has 6 nitrogen and oxygen atoms in total. The van der Waals surface area contributed by atoms with Gasteiger partial charge in [0.25, 0.3) is 0 Å². The lowest BCUT2D eigenvalue weighted by molar-refractivity contribution is 0.404. The first-order chi connectivity index (χ1) is 8.93. The third-order valence-electron chi connectivity index (χ3n) is 2.43. The number of hydrogen-bond acceptors (Lipinski definition) is 5. The van der Waals surface area contributed by atoms with E-state index in [1.54, 1.807) is 12.1 Å². The maximum absolute atomic E-state index is 11.6. The Morgan fingerprint density at radius 2 is 2.05 bits per heavy atom. The van der Waals surface area contributed by atoms with Crippen LogP contribution >= 0.6 is 15.9 Å². The van der Waals surface area contributed by atoms with Gasteiger partial charge < -0.3 is 4.74 Å². The van der Waals surface area contributed by atoms with Crippen molar-refractivity contribution in [3.05, 3.63) is 35.1 Å². The van der Waals surface area contributed by atoms with E-state index >= 15 is 0 Å². The zero-order chi connectivity index (χ0) is 14.0. The zero-order valence-electron chi connectivity index (χ0n) is 9.87. The first-order valence-corrected chi connectivity index (χ1v) is 7.45. The van der Waals surface area contributed by atoms with Crippen LogP contribution in [0.5, 0.6) is 5.75 Å². The topological polar surface area (TPSA) is 95.2 Å². The Balaban J connectivity index is 2.79. The highest BCUT2D eigenvalue weighted by molar-refractivity contribution is 9.10. The molecule has 2 rings (SSSR count). The van der Waals surface area contributed by atoms with Crippen LogP contribution in [-0.4, -0.2) is 25.7 Å². The molecule has 0 spiro atoms. The van der Waals surface area contributed by atoms with E-state index < -0.39 is 10.0 Å². The summed E-state index contributed by atoms with van der Waals surface area (Å²) >= 11 is 3.25. The minimum absolute atomic E-state index is 0.0869. The fourth-order valence-electron chi connectivity index (χ4n) is 1.65. The number of aromatic nitrogens is 2. The van der Waals surface area contributed by atoms with Gasteiger partial charge in [-0.05, 0) is 18.2 Å². The second-order valence-electron chi connectivity index (χ2n) is 3.66. The number of hydrogen-bond donors (Lipinski definition) is 1. The molecule has 0 amide bonds. The van der Waals surface area contributed by atoms with Gasteiger partial charge in [-0.25, -0.2) is 13.6 Å². The van der Waals surface area contributed by atoms with Crippen LogP contribution in [0.15, 0.2) is 40.0 Å². The molecule has 1 heterocycles. The number of nitrogens with zero attached hydrogens (tertiary/aromatic N) is 2. The number of sulfonamides is 1. The maximum Gasteiger partial charge on any atom is 0.241 e. The fourth-order valence-corrected chi connectivity index (χ4v) is 3.01. The van der Waals surface area contributed by atoms with Crippen molar-refractivity contribution in [2.24, 2.45) is 5.14 Å². The van der Waals surface area contributed by atoms with Gasteiger partial charge in [0.2, 0.25) is 10.0 Å². The molecular weight excluding hydrogens is 334 g/mol. The Morgan fingerprint density at radius 3 is 2.58 bits per heavy atom. The summed E-state index contributed by atoms with van der Waals surface area (Å²) in [5, 5.41) is 12.6. The summed E-state index contributed by atoms with van der Waals surface area (Å²) in [5.74, 6) is 0.179. The lowest BCUT2D eigenvalue weighted by Crippen LogP contribution is -2.14. The van der Waals surface area contributed by atoms with Gasteiger partial charge in [-0.2, -0.15) is 10.2 Å². The van der Waals surface area contributed by atoms with E-state index in [0.29, 0.717) is 15.6 Å². The van der Waals surface area contributed by atoms with Crippen molar-refractivity contribution in [3.8, 4) is 16.9 Å². The number of primary sulfonamides is 1. The van der Waals surface area contributed by atoms with Crippen molar-refractivity contribution in [3.63, 3.8) is 0 Å². The minimum Gasteiger partial charge on any atom is -0.495 e. The highest BCUT2D eigenvalue weighted by Gasteiger charge is 2.20. The van der Waals surface area contributed by atoms with E-state index in [0.717, 1.165) is 0 Å². The average Bonchev–Trinajstić information content (AvgIpc) is 2.37. The number of nitrogens with two attached hydrogens (primary N) is 1. The molecule has 0 aliphatic heterocycles. The average molecular weight is 344 g/mol. The molecule has 0 unspecified atom stereocenters. The molecule has 0 saturated heterocycles. The summed E-state index contributed by atoms with van der Waals surface area (Å²) in [6.07, 6.45) is 3.02. The van der Waals surface area contributed by atoms with Crippen molar-refractivity contribution in [2.75, 3.05) is 7.11 Å². The second kappa shape index (κ2) is 5.24. The number of methoxy groups -OCH3 is 1. The Kier molecular flexibility index (Phi) is 3.83. The van der Waals surface area contributed by atoms with Gasteiger partial charge in [0.15, 0.2) is 0 Å². The van der Waals surface area contributed by atoms with E-state index in [2.05, 4.69) is 26.1 Å². The predicted octanol–water partition coefficient (Wildman–Crippen LogP) is 1.56. The van der Waals surface area contributed by atoms with Gasteiger partial charge >= 0.3 is 0 Å². The summed E-state index contributed by atoms with van der Waals surface area (Å²) < 4.78 is 29.0. The quantitative estimate of drug-likeness (QED) is 0.912. The van der Waals surface area contributed by atoms with Crippen molar-refractivity contribution in [1.82, 2.24) is 10.2 Å². The molecule has 0 saturated carbocycles. The smallest absolute Gasteiger partial charge is 0.241 e. The van der Waals surface area contributed by atoms with Crippen molar-refractivity contribution in [2.45, 2.75) is 4.90 Å². The van der Waals surface area contributed by atoms with E-state index in [1.807, 2.05) is 0 Å². The third kappa shape index (κ3) is 2.91. The highest BCUT2D eigenvalue weighted by atomic mass is 79.9. The molecule has 0 atom stereocenters. The number of benzene rings is 1. The van der Waals surface area contributed by atoms with Crippen molar-refractivity contribution < 1.29 is 13.2 Å². The van der Waals surface area contributed by atoms with Crippen LogP contribution in [0.3, 0.4) is 0 Å². The summed E-state index contributed by atoms with van der Waals surface area (Å²) in [7, 11) is -2.50. The van der Waals surface area contributed by atoms with E-state index in [4.69, 9.17) is 9.88 Å². The lowest BCUT2D eigenvalue weighted by Gasteiger charge is -2.13. The molecule has 0 aliphatic carbocycles. The molecule has 19 heavy (non-hydrogen) atoms. The molecule has 0 fully saturated rings. The SMILES string of the molecule is COc1c(-c2ccnnc2)cc(Br)cc1S(N)(=O)=O. The molecular formula is C11H10BrN3O3S. The van der Waals surface area contributed by atoms with E-state index in [-0.39, 0.29) is 10.6 Å². The molecule has 0 bridgehead atoms. The molecule has 1 aromatic heterocycles. The normalized spacial score (nSPS) is 11.3. The summed E-state index contributed by atoms with van der Waals surface area (Å²) in [4.78, 5) is -0.0869. The minimum atomic E-state index is -3.89. The third-order valence-corrected chi connectivity index (χ3v) is 3.80. The largest absolute Gasteiger partial charge is 0.495 e. The van der Waals surface area contributed by atoms with Gasteiger partial charge in [-0.15, -0.1) is 0 Å². The van der Waals surface area contributed by atoms with Gasteiger partial charge in [0.05, 0.1) is 19.5 Å². The van der Waals surface area contributed by atoms with Gasteiger partial charge in [-0.3, -0.25) is 0 Å². The lowest BCUT2D eigenvalue weighted by atomic mass is 10.1. The fraction of sp³-hybridized carbons (Fsp3) is 0.0909. The monoisotopic (exact) mass is 343 g/mol. The molecule has 0 aliphatic rings.